The van der Waals surface area contributed by atoms with Crippen LogP contribution in [0.15, 0.2) is 47.5 Å². The van der Waals surface area contributed by atoms with E-state index in [1.165, 1.54) is 18.6 Å². The maximum Gasteiger partial charge on any atom is 0.257 e. The van der Waals surface area contributed by atoms with E-state index in [0.29, 0.717) is 12.1 Å². The van der Waals surface area contributed by atoms with Crippen LogP contribution in [-0.4, -0.2) is 57.8 Å². The average molecular weight is 608 g/mol. The third-order valence-corrected chi connectivity index (χ3v) is 8.80. The number of carbonyl (C=O) groups excluding carboxylic acids is 3. The predicted molar refractivity (Wildman–Crippen MR) is 158 cm³/mol. The van der Waals surface area contributed by atoms with Gasteiger partial charge in [-0.15, -0.1) is 0 Å². The molecule has 4 atom stereocenters. The highest BCUT2D eigenvalue weighted by Gasteiger charge is 2.45. The number of benzene rings is 2. The first-order chi connectivity index (χ1) is 19.0. The number of fused-ring (bicyclic) bond motifs is 2. The minimum absolute atomic E-state index is 0.0390. The number of carbonyl (C=O) groups is 3. The SMILES string of the molecule is C=CC(=O)N1CC(NC(C)=O)C1n1c(C)c(C(=O)N2[C@@H](C)Cc3cc(OC)ccc3[C@@H]2C)c2cc(Br)cc(C)c21. The molecule has 3 heterocycles. The predicted octanol–water partition coefficient (Wildman–Crippen LogP) is 5.21. The molecule has 1 N–H and O–H groups in total. The Hall–Kier alpha value is -3.59. The molecule has 1 aromatic heterocycles. The second-order valence-corrected chi connectivity index (χ2v) is 11.8. The first kappa shape index (κ1) is 28.0. The molecule has 0 spiro atoms. The van der Waals surface area contributed by atoms with Crippen molar-refractivity contribution in [3.05, 3.63) is 75.4 Å². The molecule has 210 valence electrons. The molecule has 8 nitrogen and oxygen atoms in total. The number of nitrogens with one attached hydrogen (secondary N) is 1. The molecule has 2 unspecified atom stereocenters. The molecule has 9 heteroatoms. The Morgan fingerprint density at radius 2 is 1.88 bits per heavy atom. The molecule has 2 aliphatic heterocycles. The smallest absolute Gasteiger partial charge is 0.257 e. The lowest BCUT2D eigenvalue weighted by Crippen LogP contribution is -2.64. The normalized spacial score (nSPS) is 22.0. The highest BCUT2D eigenvalue weighted by atomic mass is 79.9. The fourth-order valence-electron chi connectivity index (χ4n) is 6.61. The van der Waals surface area contributed by atoms with Crippen molar-refractivity contribution in [3.8, 4) is 5.75 Å². The van der Waals surface area contributed by atoms with Crippen molar-refractivity contribution in [2.75, 3.05) is 13.7 Å². The second kappa shape index (κ2) is 10.4. The van der Waals surface area contributed by atoms with Gasteiger partial charge in [0.2, 0.25) is 11.8 Å². The third kappa shape index (κ3) is 4.40. The fraction of sp³-hybridized carbons (Fsp3) is 0.387. The van der Waals surface area contributed by atoms with E-state index in [0.717, 1.165) is 44.4 Å². The lowest BCUT2D eigenvalue weighted by molar-refractivity contribution is -0.143. The number of nitrogens with zero attached hydrogens (tertiary/aromatic N) is 3. The van der Waals surface area contributed by atoms with Crippen molar-refractivity contribution in [3.63, 3.8) is 0 Å². The summed E-state index contributed by atoms with van der Waals surface area (Å²) in [6.07, 6.45) is 1.53. The van der Waals surface area contributed by atoms with E-state index in [9.17, 15) is 14.4 Å². The summed E-state index contributed by atoms with van der Waals surface area (Å²) in [4.78, 5) is 43.1. The Bertz CT molecular complexity index is 1560. The van der Waals surface area contributed by atoms with Crippen molar-refractivity contribution in [1.82, 2.24) is 19.7 Å². The highest BCUT2D eigenvalue weighted by Crippen LogP contribution is 2.42. The summed E-state index contributed by atoms with van der Waals surface area (Å²) in [7, 11) is 1.66. The van der Waals surface area contributed by atoms with Crippen molar-refractivity contribution in [2.24, 2.45) is 0 Å². The van der Waals surface area contributed by atoms with Crippen molar-refractivity contribution < 1.29 is 19.1 Å². The molecule has 3 aromatic rings. The van der Waals surface area contributed by atoms with Gasteiger partial charge in [0.15, 0.2) is 0 Å². The van der Waals surface area contributed by atoms with Gasteiger partial charge in [-0.25, -0.2) is 0 Å². The van der Waals surface area contributed by atoms with Crippen molar-refractivity contribution in [2.45, 2.75) is 65.3 Å². The average Bonchev–Trinajstić information content (AvgIpc) is 3.16. The number of hydrogen-bond donors (Lipinski definition) is 1. The van der Waals surface area contributed by atoms with Gasteiger partial charge in [0.1, 0.15) is 11.9 Å². The van der Waals surface area contributed by atoms with Crippen LogP contribution < -0.4 is 10.1 Å². The molecular weight excluding hydrogens is 572 g/mol. The Morgan fingerprint density at radius 1 is 1.15 bits per heavy atom. The number of rotatable bonds is 5. The van der Waals surface area contributed by atoms with Gasteiger partial charge in [-0.3, -0.25) is 14.4 Å². The van der Waals surface area contributed by atoms with Crippen LogP contribution in [0.5, 0.6) is 5.75 Å². The van der Waals surface area contributed by atoms with Crippen molar-refractivity contribution >= 4 is 44.6 Å². The summed E-state index contributed by atoms with van der Waals surface area (Å²) in [6.45, 7) is 13.6. The zero-order valence-electron chi connectivity index (χ0n) is 23.7. The van der Waals surface area contributed by atoms with E-state index >= 15 is 0 Å². The highest BCUT2D eigenvalue weighted by molar-refractivity contribution is 9.10. The van der Waals surface area contributed by atoms with E-state index < -0.39 is 6.17 Å². The van der Waals surface area contributed by atoms with Gasteiger partial charge in [-0.05, 0) is 81.1 Å². The molecular formula is C31H35BrN4O4. The van der Waals surface area contributed by atoms with Gasteiger partial charge in [0, 0.05) is 35.1 Å². The monoisotopic (exact) mass is 606 g/mol. The summed E-state index contributed by atoms with van der Waals surface area (Å²) in [6, 6.07) is 9.56. The largest absolute Gasteiger partial charge is 0.497 e. The molecule has 1 saturated heterocycles. The number of amides is 3. The van der Waals surface area contributed by atoms with Gasteiger partial charge < -0.3 is 24.4 Å². The summed E-state index contributed by atoms with van der Waals surface area (Å²) in [5.41, 5.74) is 5.49. The topological polar surface area (TPSA) is 83.9 Å². The maximum absolute atomic E-state index is 14.6. The second-order valence-electron chi connectivity index (χ2n) is 10.9. The van der Waals surface area contributed by atoms with Crippen LogP contribution in [0.3, 0.4) is 0 Å². The summed E-state index contributed by atoms with van der Waals surface area (Å²) >= 11 is 3.63. The number of methoxy groups -OCH3 is 1. The summed E-state index contributed by atoms with van der Waals surface area (Å²) in [5, 5.41) is 3.81. The van der Waals surface area contributed by atoms with Gasteiger partial charge in [-0.1, -0.05) is 28.6 Å². The van der Waals surface area contributed by atoms with Crippen LogP contribution >= 0.6 is 15.9 Å². The van der Waals surface area contributed by atoms with Gasteiger partial charge in [0.05, 0.1) is 30.3 Å². The molecule has 2 aliphatic rings. The number of halogens is 1. The maximum atomic E-state index is 14.6. The molecule has 0 bridgehead atoms. The Morgan fingerprint density at radius 3 is 2.52 bits per heavy atom. The number of hydrogen-bond acceptors (Lipinski definition) is 4. The van der Waals surface area contributed by atoms with E-state index in [1.54, 1.807) is 12.0 Å². The van der Waals surface area contributed by atoms with Crippen LogP contribution in [0.25, 0.3) is 10.9 Å². The first-order valence-corrected chi connectivity index (χ1v) is 14.3. The molecule has 0 radical (unpaired) electrons. The standard InChI is InChI=1S/C31H35BrN4O4/c1-8-27(38)34-15-26(33-20(6)37)30(34)36-19(5)28(25-14-22(32)11-16(2)29(25)36)31(39)35-17(3)12-21-13-23(40-7)9-10-24(21)18(35)4/h8-11,13-14,17-18,26,30H,1,12,15H2,2-7H3,(H,33,37)/t17-,18-,26?,30?/m0/s1. The Balaban J connectivity index is 1.67. The Labute approximate surface area is 243 Å². The molecule has 5 rings (SSSR count). The Kier molecular flexibility index (Phi) is 7.29. The molecule has 0 aliphatic carbocycles. The van der Waals surface area contributed by atoms with Gasteiger partial charge in [-0.2, -0.15) is 0 Å². The first-order valence-electron chi connectivity index (χ1n) is 13.5. The van der Waals surface area contributed by atoms with Crippen molar-refractivity contribution in [1.29, 1.82) is 0 Å². The fourth-order valence-corrected chi connectivity index (χ4v) is 7.18. The summed E-state index contributed by atoms with van der Waals surface area (Å²) in [5.74, 6) is 0.361. The van der Waals surface area contributed by atoms with Crippen LogP contribution in [0.4, 0.5) is 0 Å². The van der Waals surface area contributed by atoms with E-state index in [2.05, 4.69) is 47.7 Å². The number of likely N-dealkylation sites (tertiary alicyclic amines) is 1. The van der Waals surface area contributed by atoms with E-state index in [-0.39, 0.29) is 35.8 Å². The zero-order chi connectivity index (χ0) is 29.0. The number of aromatic nitrogens is 1. The zero-order valence-corrected chi connectivity index (χ0v) is 25.3. The van der Waals surface area contributed by atoms with Gasteiger partial charge in [0.25, 0.3) is 5.91 Å². The quantitative estimate of drug-likeness (QED) is 0.404. The van der Waals surface area contributed by atoms with E-state index in [4.69, 9.17) is 4.74 Å². The lowest BCUT2D eigenvalue weighted by atomic mass is 9.88. The van der Waals surface area contributed by atoms with Crippen LogP contribution in [0.1, 0.15) is 65.7 Å². The third-order valence-electron chi connectivity index (χ3n) is 8.34. The molecule has 3 amide bonds. The van der Waals surface area contributed by atoms with Gasteiger partial charge >= 0.3 is 0 Å². The van der Waals surface area contributed by atoms with Crippen LogP contribution in [-0.2, 0) is 16.0 Å². The molecule has 1 fully saturated rings. The molecule has 2 aromatic carbocycles. The minimum Gasteiger partial charge on any atom is -0.497 e. The number of ether oxygens (including phenoxy) is 1. The minimum atomic E-state index is -0.484. The van der Waals surface area contributed by atoms with Crippen LogP contribution in [0, 0.1) is 13.8 Å². The molecule has 0 saturated carbocycles. The molecule has 40 heavy (non-hydrogen) atoms. The van der Waals surface area contributed by atoms with Crippen LogP contribution in [0.2, 0.25) is 0 Å². The summed E-state index contributed by atoms with van der Waals surface area (Å²) < 4.78 is 8.36. The lowest BCUT2D eigenvalue weighted by Gasteiger charge is -2.49. The van der Waals surface area contributed by atoms with E-state index in [1.807, 2.05) is 47.6 Å². The number of aryl methyl sites for hydroxylation is 1.